The van der Waals surface area contributed by atoms with Gasteiger partial charge in [-0.15, -0.1) is 0 Å². The van der Waals surface area contributed by atoms with Crippen molar-refractivity contribution in [2.75, 3.05) is 12.3 Å². The number of nitrogens with zero attached hydrogens (tertiary/aromatic N) is 1. The maximum Gasteiger partial charge on any atom is 0.307 e. The van der Waals surface area contributed by atoms with Crippen molar-refractivity contribution in [2.45, 2.75) is 10.6 Å². The second-order valence-corrected chi connectivity index (χ2v) is 9.94. The van der Waals surface area contributed by atoms with E-state index in [0.717, 1.165) is 28.2 Å². The molecule has 138 valence electrons. The van der Waals surface area contributed by atoms with E-state index in [2.05, 4.69) is 4.72 Å². The fourth-order valence-electron chi connectivity index (χ4n) is 2.38. The van der Waals surface area contributed by atoms with Crippen LogP contribution in [0.4, 0.5) is 0 Å². The molecule has 0 saturated heterocycles. The molecule has 0 amide bonds. The van der Waals surface area contributed by atoms with Crippen LogP contribution in [0, 0.1) is 0 Å². The molecule has 0 saturated carbocycles. The van der Waals surface area contributed by atoms with E-state index in [4.69, 9.17) is 11.6 Å². The van der Waals surface area contributed by atoms with Crippen molar-refractivity contribution in [3.63, 3.8) is 0 Å². The Morgan fingerprint density at radius 1 is 1.19 bits per heavy atom. The van der Waals surface area contributed by atoms with Crippen LogP contribution >= 0.6 is 34.7 Å². The number of nitrogens with one attached hydrogen (secondary N) is 1. The largest absolute Gasteiger partial charge is 0.307 e. The number of aromatic nitrogens is 1. The molecule has 9 heteroatoms. The van der Waals surface area contributed by atoms with Gasteiger partial charge in [-0.25, -0.2) is 13.1 Å². The summed E-state index contributed by atoms with van der Waals surface area (Å²) in [4.78, 5) is 11.8. The fourth-order valence-corrected chi connectivity index (χ4v) is 5.51. The molecule has 26 heavy (non-hydrogen) atoms. The number of hydrogen-bond acceptors (Lipinski definition) is 5. The second-order valence-electron chi connectivity index (χ2n) is 5.63. The number of hydrogen-bond donors (Lipinski definition) is 1. The maximum absolute atomic E-state index is 12.4. The van der Waals surface area contributed by atoms with Crippen LogP contribution in [0.2, 0.25) is 5.02 Å². The summed E-state index contributed by atoms with van der Waals surface area (Å²) in [5.74, 6) is 1.45. The van der Waals surface area contributed by atoms with Crippen molar-refractivity contribution < 1.29 is 8.42 Å². The van der Waals surface area contributed by atoms with E-state index in [-0.39, 0.29) is 9.77 Å². The van der Waals surface area contributed by atoms with Crippen molar-refractivity contribution in [3.8, 4) is 0 Å². The van der Waals surface area contributed by atoms with Crippen LogP contribution in [0.5, 0.6) is 0 Å². The quantitative estimate of drug-likeness (QED) is 0.585. The van der Waals surface area contributed by atoms with E-state index in [0.29, 0.717) is 22.0 Å². The zero-order valence-corrected chi connectivity index (χ0v) is 17.1. The normalized spacial score (nSPS) is 11.9. The molecule has 1 heterocycles. The Hall–Kier alpha value is -1.32. The molecule has 1 aromatic heterocycles. The molecule has 2 aromatic carbocycles. The summed E-state index contributed by atoms with van der Waals surface area (Å²) in [5, 5.41) is 0.701. The molecule has 0 unspecified atom stereocenters. The highest BCUT2D eigenvalue weighted by Gasteiger charge is 2.15. The molecule has 5 nitrogen and oxygen atoms in total. The van der Waals surface area contributed by atoms with E-state index in [1.807, 2.05) is 24.3 Å². The first-order valence-corrected chi connectivity index (χ1v) is 11.6. The Kier molecular flexibility index (Phi) is 6.09. The highest BCUT2D eigenvalue weighted by atomic mass is 35.5. The molecule has 1 N–H and O–H groups in total. The smallest absolute Gasteiger partial charge is 0.302 e. The number of benzene rings is 2. The third-order valence-electron chi connectivity index (χ3n) is 3.79. The van der Waals surface area contributed by atoms with Gasteiger partial charge in [-0.05, 0) is 35.9 Å². The van der Waals surface area contributed by atoms with Gasteiger partial charge >= 0.3 is 4.87 Å². The van der Waals surface area contributed by atoms with Crippen LogP contribution in [0.15, 0.2) is 52.2 Å². The number of sulfonamides is 1. The molecule has 3 rings (SSSR count). The molecule has 0 aliphatic heterocycles. The van der Waals surface area contributed by atoms with Crippen LogP contribution in [0.3, 0.4) is 0 Å². The highest BCUT2D eigenvalue weighted by molar-refractivity contribution is 7.98. The molecule has 0 spiro atoms. The minimum Gasteiger partial charge on any atom is -0.302 e. The first kappa shape index (κ1) is 19.4. The number of fused-ring (bicyclic) bond motifs is 1. The van der Waals surface area contributed by atoms with Crippen LogP contribution in [0.25, 0.3) is 10.2 Å². The van der Waals surface area contributed by atoms with E-state index in [1.165, 1.54) is 10.6 Å². The standard InChI is InChI=1S/C17H17ClN2O3S3/c1-20-15-7-6-14(10-16(15)25-17(20)21)26(22,23)19-8-9-24-11-12-2-4-13(18)5-3-12/h2-7,10,19H,8-9,11H2,1H3. The number of thioether (sulfide) groups is 1. The SMILES string of the molecule is Cn1c(=O)sc2cc(S(=O)(=O)NCCSCc3ccc(Cl)cc3)ccc21. The van der Waals surface area contributed by atoms with Crippen molar-refractivity contribution in [3.05, 3.63) is 62.7 Å². The molecule has 0 aliphatic carbocycles. The molecular weight excluding hydrogens is 412 g/mol. The zero-order chi connectivity index (χ0) is 18.7. The third kappa shape index (κ3) is 4.50. The van der Waals surface area contributed by atoms with Gasteiger partial charge in [0.15, 0.2) is 0 Å². The van der Waals surface area contributed by atoms with Crippen molar-refractivity contribution in [1.82, 2.24) is 9.29 Å². The lowest BCUT2D eigenvalue weighted by Gasteiger charge is -2.07. The van der Waals surface area contributed by atoms with E-state index < -0.39 is 10.0 Å². The van der Waals surface area contributed by atoms with Gasteiger partial charge in [0.05, 0.1) is 15.1 Å². The second kappa shape index (κ2) is 8.14. The molecule has 3 aromatic rings. The minimum atomic E-state index is -3.59. The number of rotatable bonds is 7. The third-order valence-corrected chi connectivity index (χ3v) is 7.53. The Bertz CT molecular complexity index is 1070. The summed E-state index contributed by atoms with van der Waals surface area (Å²) in [6.45, 7) is 0.337. The van der Waals surface area contributed by atoms with Gasteiger partial charge < -0.3 is 4.57 Å². The molecule has 0 fully saturated rings. The average Bonchev–Trinajstić information content (AvgIpc) is 2.90. The minimum absolute atomic E-state index is 0.110. The predicted molar refractivity (Wildman–Crippen MR) is 110 cm³/mol. The zero-order valence-electron chi connectivity index (χ0n) is 13.9. The number of aryl methyl sites for hydroxylation is 1. The molecule has 0 radical (unpaired) electrons. The lowest BCUT2D eigenvalue weighted by Crippen LogP contribution is -2.26. The summed E-state index contributed by atoms with van der Waals surface area (Å²) in [6, 6.07) is 12.3. The summed E-state index contributed by atoms with van der Waals surface area (Å²) >= 11 is 8.53. The Balaban J connectivity index is 1.57. The molecule has 0 atom stereocenters. The average molecular weight is 429 g/mol. The highest BCUT2D eigenvalue weighted by Crippen LogP contribution is 2.21. The Morgan fingerprint density at radius 2 is 1.92 bits per heavy atom. The Morgan fingerprint density at radius 3 is 2.65 bits per heavy atom. The van der Waals surface area contributed by atoms with Crippen LogP contribution in [-0.2, 0) is 22.8 Å². The van der Waals surface area contributed by atoms with E-state index >= 15 is 0 Å². The van der Waals surface area contributed by atoms with Crippen molar-refractivity contribution >= 4 is 54.9 Å². The fraction of sp³-hybridized carbons (Fsp3) is 0.235. The number of thiazole rings is 1. The summed E-state index contributed by atoms with van der Waals surface area (Å²) in [5.41, 5.74) is 1.88. The van der Waals surface area contributed by atoms with Gasteiger partial charge in [-0.3, -0.25) is 4.79 Å². The first-order chi connectivity index (χ1) is 12.4. The van der Waals surface area contributed by atoms with Crippen molar-refractivity contribution in [2.24, 2.45) is 7.05 Å². The van der Waals surface area contributed by atoms with Gasteiger partial charge in [0.25, 0.3) is 0 Å². The summed E-state index contributed by atoms with van der Waals surface area (Å²) in [7, 11) is -1.92. The van der Waals surface area contributed by atoms with Gasteiger partial charge in [-0.1, -0.05) is 35.1 Å². The van der Waals surface area contributed by atoms with E-state index in [9.17, 15) is 13.2 Å². The molecule has 0 bridgehead atoms. The maximum atomic E-state index is 12.4. The lowest BCUT2D eigenvalue weighted by molar-refractivity contribution is 0.584. The predicted octanol–water partition coefficient (Wildman–Crippen LogP) is 3.47. The van der Waals surface area contributed by atoms with Crippen molar-refractivity contribution in [1.29, 1.82) is 0 Å². The topological polar surface area (TPSA) is 68.2 Å². The lowest BCUT2D eigenvalue weighted by atomic mass is 10.2. The van der Waals surface area contributed by atoms with Crippen LogP contribution in [0.1, 0.15) is 5.56 Å². The number of halogens is 1. The van der Waals surface area contributed by atoms with Gasteiger partial charge in [0.2, 0.25) is 10.0 Å². The summed E-state index contributed by atoms with van der Waals surface area (Å²) < 4.78 is 29.6. The summed E-state index contributed by atoms with van der Waals surface area (Å²) in [6.07, 6.45) is 0. The van der Waals surface area contributed by atoms with Gasteiger partial charge in [0, 0.05) is 30.1 Å². The van der Waals surface area contributed by atoms with Gasteiger partial charge in [-0.2, -0.15) is 11.8 Å². The molecule has 0 aliphatic rings. The Labute approximate surface area is 165 Å². The van der Waals surface area contributed by atoms with Crippen LogP contribution < -0.4 is 9.60 Å². The van der Waals surface area contributed by atoms with E-state index in [1.54, 1.807) is 30.9 Å². The molecular formula is C17H17ClN2O3S3. The monoisotopic (exact) mass is 428 g/mol. The van der Waals surface area contributed by atoms with Crippen LogP contribution in [-0.4, -0.2) is 25.3 Å². The first-order valence-electron chi connectivity index (χ1n) is 7.78. The van der Waals surface area contributed by atoms with Gasteiger partial charge in [0.1, 0.15) is 0 Å².